The Balaban J connectivity index is 3.40. The SMILES string of the molecule is CC(=O)CC(=O)OF. The number of ketones is 1. The summed E-state index contributed by atoms with van der Waals surface area (Å²) in [4.78, 5) is 22.5. The van der Waals surface area contributed by atoms with E-state index in [1.54, 1.807) is 0 Å². The van der Waals surface area contributed by atoms with Crippen LogP contribution in [0.1, 0.15) is 13.3 Å². The molecule has 0 N–H and O–H groups in total. The molecular formula is C4H5FO3. The molecule has 0 saturated heterocycles. The van der Waals surface area contributed by atoms with Gasteiger partial charge >= 0.3 is 5.97 Å². The zero-order valence-electron chi connectivity index (χ0n) is 4.31. The third-order valence-corrected chi connectivity index (χ3v) is 0.479. The van der Waals surface area contributed by atoms with Gasteiger partial charge < -0.3 is 0 Å². The molecule has 0 aromatic rings. The summed E-state index contributed by atoms with van der Waals surface area (Å²) in [6.45, 7) is 1.18. The monoisotopic (exact) mass is 120 g/mol. The van der Waals surface area contributed by atoms with E-state index in [4.69, 9.17) is 0 Å². The van der Waals surface area contributed by atoms with Crippen LogP contribution in [0.25, 0.3) is 0 Å². The van der Waals surface area contributed by atoms with Gasteiger partial charge in [0.2, 0.25) is 0 Å². The number of carbonyl (C=O) groups is 2. The van der Waals surface area contributed by atoms with Gasteiger partial charge in [0.1, 0.15) is 12.2 Å². The average molecular weight is 120 g/mol. The Labute approximate surface area is 45.3 Å². The lowest BCUT2D eigenvalue weighted by Gasteiger charge is -1.85. The fourth-order valence-electron chi connectivity index (χ4n) is 0.231. The van der Waals surface area contributed by atoms with Crippen LogP contribution < -0.4 is 0 Å². The van der Waals surface area contributed by atoms with E-state index in [9.17, 15) is 14.1 Å². The van der Waals surface area contributed by atoms with Crippen LogP contribution in [-0.4, -0.2) is 11.8 Å². The fraction of sp³-hybridized carbons (Fsp3) is 0.500. The van der Waals surface area contributed by atoms with E-state index in [0.29, 0.717) is 0 Å². The van der Waals surface area contributed by atoms with Crippen molar-refractivity contribution in [2.24, 2.45) is 0 Å². The standard InChI is InChI=1S/C4H5FO3/c1-3(6)2-4(7)8-5/h2H2,1H3. The van der Waals surface area contributed by atoms with Crippen molar-refractivity contribution in [3.05, 3.63) is 0 Å². The Morgan fingerprint density at radius 3 is 2.25 bits per heavy atom. The Morgan fingerprint density at radius 1 is 1.62 bits per heavy atom. The van der Waals surface area contributed by atoms with E-state index >= 15 is 0 Å². The highest BCUT2D eigenvalue weighted by Gasteiger charge is 2.04. The van der Waals surface area contributed by atoms with Gasteiger partial charge in [0.25, 0.3) is 0 Å². The van der Waals surface area contributed by atoms with Crippen LogP contribution in [0.2, 0.25) is 0 Å². The molecule has 0 heterocycles. The second-order valence-corrected chi connectivity index (χ2v) is 1.33. The first-order valence-corrected chi connectivity index (χ1v) is 1.97. The smallest absolute Gasteiger partial charge is 0.299 e. The molecule has 0 spiro atoms. The lowest BCUT2D eigenvalue weighted by atomic mass is 10.3. The quantitative estimate of drug-likeness (QED) is 0.495. The van der Waals surface area contributed by atoms with Gasteiger partial charge in [-0.15, -0.1) is 0 Å². The summed E-state index contributed by atoms with van der Waals surface area (Å²) in [5.74, 6) is -1.55. The van der Waals surface area contributed by atoms with Crippen molar-refractivity contribution in [1.82, 2.24) is 0 Å². The first-order valence-electron chi connectivity index (χ1n) is 1.97. The molecule has 0 aromatic heterocycles. The van der Waals surface area contributed by atoms with Crippen LogP contribution in [0, 0.1) is 0 Å². The number of Topliss-reactive ketones (excluding diaryl/α,β-unsaturated/α-hetero) is 1. The van der Waals surface area contributed by atoms with Crippen molar-refractivity contribution in [3.8, 4) is 0 Å². The Morgan fingerprint density at radius 2 is 2.12 bits per heavy atom. The van der Waals surface area contributed by atoms with E-state index < -0.39 is 18.2 Å². The van der Waals surface area contributed by atoms with Crippen molar-refractivity contribution in [3.63, 3.8) is 0 Å². The van der Waals surface area contributed by atoms with Crippen LogP contribution in [-0.2, 0) is 14.5 Å². The molecule has 46 valence electrons. The molecule has 0 radical (unpaired) electrons. The second kappa shape index (κ2) is 3.12. The highest BCUT2D eigenvalue weighted by Crippen LogP contribution is 1.86. The molecule has 4 heteroatoms. The van der Waals surface area contributed by atoms with Crippen molar-refractivity contribution in [1.29, 1.82) is 0 Å². The van der Waals surface area contributed by atoms with Crippen LogP contribution in [0.15, 0.2) is 0 Å². The summed E-state index contributed by atoms with van der Waals surface area (Å²) in [6, 6.07) is 0. The minimum Gasteiger partial charge on any atom is -0.299 e. The highest BCUT2D eigenvalue weighted by molar-refractivity contribution is 5.93. The molecule has 0 rings (SSSR count). The molecule has 0 bridgehead atoms. The largest absolute Gasteiger partial charge is 0.356 e. The summed E-state index contributed by atoms with van der Waals surface area (Å²) in [5, 5.41) is 0. The Hall–Kier alpha value is -0.930. The summed E-state index contributed by atoms with van der Waals surface area (Å²) in [5.41, 5.74) is 0. The van der Waals surface area contributed by atoms with Crippen LogP contribution in [0.5, 0.6) is 0 Å². The van der Waals surface area contributed by atoms with Gasteiger partial charge in [0.15, 0.2) is 0 Å². The second-order valence-electron chi connectivity index (χ2n) is 1.33. The summed E-state index contributed by atoms with van der Waals surface area (Å²) in [7, 11) is 0. The van der Waals surface area contributed by atoms with E-state index in [1.807, 2.05) is 0 Å². The van der Waals surface area contributed by atoms with Gasteiger partial charge in [-0.2, -0.15) is 0 Å². The molecule has 0 saturated carbocycles. The molecule has 0 amide bonds. The molecule has 0 fully saturated rings. The Bertz CT molecular complexity index is 110. The molecule has 3 nitrogen and oxygen atoms in total. The number of carbonyl (C=O) groups excluding carboxylic acids is 2. The van der Waals surface area contributed by atoms with Gasteiger partial charge in [-0.1, -0.05) is 0 Å². The van der Waals surface area contributed by atoms with E-state index in [2.05, 4.69) is 4.94 Å². The maximum Gasteiger partial charge on any atom is 0.356 e. The molecule has 0 aliphatic carbocycles. The summed E-state index contributed by atoms with van der Waals surface area (Å²) < 4.78 is 10.7. The molecule has 0 aliphatic heterocycles. The summed E-state index contributed by atoms with van der Waals surface area (Å²) in [6.07, 6.45) is -0.490. The maximum absolute atomic E-state index is 10.7. The minimum absolute atomic E-state index is 0.410. The van der Waals surface area contributed by atoms with Crippen molar-refractivity contribution < 1.29 is 19.1 Å². The minimum atomic E-state index is -1.14. The number of hydrogen-bond acceptors (Lipinski definition) is 3. The third-order valence-electron chi connectivity index (χ3n) is 0.479. The normalized spacial score (nSPS) is 8.25. The first-order chi connectivity index (χ1) is 3.66. The first kappa shape index (κ1) is 7.07. The highest BCUT2D eigenvalue weighted by atomic mass is 19.3. The number of halogens is 1. The zero-order chi connectivity index (χ0) is 6.57. The number of rotatable bonds is 2. The van der Waals surface area contributed by atoms with Crippen LogP contribution in [0.4, 0.5) is 4.53 Å². The topological polar surface area (TPSA) is 43.4 Å². The number of hydrogen-bond donors (Lipinski definition) is 0. The van der Waals surface area contributed by atoms with Gasteiger partial charge in [0, 0.05) is 4.53 Å². The van der Waals surface area contributed by atoms with E-state index in [1.165, 1.54) is 6.92 Å². The molecule has 0 unspecified atom stereocenters. The third kappa shape index (κ3) is 3.27. The lowest BCUT2D eigenvalue weighted by Crippen LogP contribution is -2.03. The van der Waals surface area contributed by atoms with E-state index in [-0.39, 0.29) is 0 Å². The van der Waals surface area contributed by atoms with Crippen molar-refractivity contribution in [2.45, 2.75) is 13.3 Å². The Kier molecular flexibility index (Phi) is 2.76. The fourth-order valence-corrected chi connectivity index (χ4v) is 0.231. The average Bonchev–Trinajstić information content (AvgIpc) is 1.65. The van der Waals surface area contributed by atoms with Crippen LogP contribution in [0.3, 0.4) is 0 Å². The molecule has 0 atom stereocenters. The molecule has 0 aliphatic rings. The van der Waals surface area contributed by atoms with Gasteiger partial charge in [-0.3, -0.25) is 9.74 Å². The van der Waals surface area contributed by atoms with Gasteiger partial charge in [0.05, 0.1) is 0 Å². The van der Waals surface area contributed by atoms with Gasteiger partial charge in [-0.05, 0) is 6.92 Å². The van der Waals surface area contributed by atoms with Crippen molar-refractivity contribution in [2.75, 3.05) is 0 Å². The van der Waals surface area contributed by atoms with Crippen molar-refractivity contribution >= 4 is 11.8 Å². The van der Waals surface area contributed by atoms with Crippen LogP contribution >= 0.6 is 0 Å². The van der Waals surface area contributed by atoms with Gasteiger partial charge in [-0.25, -0.2) is 4.79 Å². The summed E-state index contributed by atoms with van der Waals surface area (Å²) >= 11 is 0. The predicted molar refractivity (Wildman–Crippen MR) is 22.5 cm³/mol. The lowest BCUT2D eigenvalue weighted by molar-refractivity contribution is -0.183. The molecular weight excluding hydrogens is 115 g/mol. The predicted octanol–water partition coefficient (Wildman–Crippen LogP) is 0.393. The molecule has 0 aromatic carbocycles. The zero-order valence-corrected chi connectivity index (χ0v) is 4.31. The van der Waals surface area contributed by atoms with E-state index in [0.717, 1.165) is 0 Å². The molecule has 8 heavy (non-hydrogen) atoms. The maximum atomic E-state index is 10.7.